The number of anilines is 2. The Morgan fingerprint density at radius 2 is 1.45 bits per heavy atom. The summed E-state index contributed by atoms with van der Waals surface area (Å²) in [5, 5.41) is 0.540. The van der Waals surface area contributed by atoms with Crippen molar-refractivity contribution >= 4 is 56.2 Å². The van der Waals surface area contributed by atoms with Crippen LogP contribution in [0.3, 0.4) is 0 Å². The van der Waals surface area contributed by atoms with Crippen LogP contribution >= 0.6 is 34.8 Å². The molecule has 4 nitrogen and oxygen atoms in total. The van der Waals surface area contributed by atoms with Gasteiger partial charge in [-0.3, -0.25) is 4.72 Å². The topological polar surface area (TPSA) is 72.2 Å². The summed E-state index contributed by atoms with van der Waals surface area (Å²) in [5.41, 5.74) is 6.06. The molecule has 0 radical (unpaired) electrons. The third-order valence-corrected chi connectivity index (χ3v) is 4.61. The van der Waals surface area contributed by atoms with E-state index in [1.54, 1.807) is 0 Å². The number of nitrogen functional groups attached to an aromatic ring is 1. The molecule has 0 spiro atoms. The number of benzene rings is 2. The van der Waals surface area contributed by atoms with E-state index in [0.717, 1.165) is 0 Å². The standard InChI is InChI=1S/C12H9Cl3N2O2S/c13-7-5-10(14)12(11(15)6-7)17-20(18,19)9-3-1-8(16)2-4-9/h1-6,17H,16H2. The van der Waals surface area contributed by atoms with Crippen molar-refractivity contribution in [1.82, 2.24) is 0 Å². The summed E-state index contributed by atoms with van der Waals surface area (Å²) >= 11 is 17.6. The molecule has 0 fully saturated rings. The van der Waals surface area contributed by atoms with Crippen LogP contribution in [0.5, 0.6) is 0 Å². The van der Waals surface area contributed by atoms with Gasteiger partial charge in [-0.1, -0.05) is 34.8 Å². The summed E-state index contributed by atoms with van der Waals surface area (Å²) in [7, 11) is -3.81. The van der Waals surface area contributed by atoms with Crippen LogP contribution in [0.15, 0.2) is 41.3 Å². The highest BCUT2D eigenvalue weighted by atomic mass is 35.5. The lowest BCUT2D eigenvalue weighted by molar-refractivity contribution is 0.601. The van der Waals surface area contributed by atoms with Crippen LogP contribution in [0.2, 0.25) is 15.1 Å². The Kier molecular flexibility index (Phi) is 4.34. The van der Waals surface area contributed by atoms with Crippen molar-refractivity contribution in [3.63, 3.8) is 0 Å². The first-order chi connectivity index (χ1) is 9.29. The first-order valence-electron chi connectivity index (χ1n) is 5.32. The maximum atomic E-state index is 12.2. The lowest BCUT2D eigenvalue weighted by Crippen LogP contribution is -2.13. The molecule has 8 heteroatoms. The monoisotopic (exact) mass is 350 g/mol. The van der Waals surface area contributed by atoms with Crippen LogP contribution in [0.4, 0.5) is 11.4 Å². The molecule has 0 bridgehead atoms. The quantitative estimate of drug-likeness (QED) is 0.820. The molecule has 2 aromatic carbocycles. The second kappa shape index (κ2) is 5.69. The summed E-state index contributed by atoms with van der Waals surface area (Å²) in [6.07, 6.45) is 0. The van der Waals surface area contributed by atoms with Gasteiger partial charge in [-0.05, 0) is 36.4 Å². The molecule has 0 amide bonds. The molecule has 0 aromatic heterocycles. The summed E-state index contributed by atoms with van der Waals surface area (Å²) in [5.74, 6) is 0. The van der Waals surface area contributed by atoms with Crippen molar-refractivity contribution in [2.75, 3.05) is 10.5 Å². The number of halogens is 3. The molecule has 0 saturated heterocycles. The second-order valence-corrected chi connectivity index (χ2v) is 6.85. The van der Waals surface area contributed by atoms with E-state index in [1.807, 2.05) is 0 Å². The van der Waals surface area contributed by atoms with E-state index < -0.39 is 10.0 Å². The fourth-order valence-corrected chi connectivity index (χ4v) is 3.60. The molecule has 3 N–H and O–H groups in total. The molecule has 0 unspecified atom stereocenters. The number of rotatable bonds is 3. The molecule has 0 aliphatic heterocycles. The Labute approximate surface area is 131 Å². The van der Waals surface area contributed by atoms with Crippen LogP contribution in [0.1, 0.15) is 0 Å². The van der Waals surface area contributed by atoms with Crippen molar-refractivity contribution < 1.29 is 8.42 Å². The van der Waals surface area contributed by atoms with Crippen LogP contribution in [-0.4, -0.2) is 8.42 Å². The molecule has 2 rings (SSSR count). The predicted molar refractivity (Wildman–Crippen MR) is 83.1 cm³/mol. The van der Waals surface area contributed by atoms with Gasteiger partial charge in [-0.2, -0.15) is 0 Å². The van der Waals surface area contributed by atoms with E-state index in [2.05, 4.69) is 4.72 Å². The van der Waals surface area contributed by atoms with Crippen molar-refractivity contribution in [3.05, 3.63) is 51.5 Å². The Balaban J connectivity index is 2.41. The minimum Gasteiger partial charge on any atom is -0.399 e. The Morgan fingerprint density at radius 1 is 0.950 bits per heavy atom. The van der Waals surface area contributed by atoms with E-state index in [4.69, 9.17) is 40.5 Å². The zero-order valence-corrected chi connectivity index (χ0v) is 13.0. The van der Waals surface area contributed by atoms with Gasteiger partial charge in [0.1, 0.15) is 0 Å². The highest BCUT2D eigenvalue weighted by Gasteiger charge is 2.18. The number of hydrogen-bond donors (Lipinski definition) is 2. The van der Waals surface area contributed by atoms with Gasteiger partial charge in [0.05, 0.1) is 20.6 Å². The average Bonchev–Trinajstić information content (AvgIpc) is 2.34. The molecule has 20 heavy (non-hydrogen) atoms. The lowest BCUT2D eigenvalue weighted by Gasteiger charge is -2.11. The molecule has 0 atom stereocenters. The van der Waals surface area contributed by atoms with E-state index >= 15 is 0 Å². The van der Waals surface area contributed by atoms with Gasteiger partial charge in [0.2, 0.25) is 0 Å². The van der Waals surface area contributed by atoms with Gasteiger partial charge < -0.3 is 5.73 Å². The molecular weight excluding hydrogens is 343 g/mol. The normalized spacial score (nSPS) is 11.3. The van der Waals surface area contributed by atoms with Crippen molar-refractivity contribution in [1.29, 1.82) is 0 Å². The minimum atomic E-state index is -3.81. The number of nitrogens with one attached hydrogen (secondary N) is 1. The third-order valence-electron chi connectivity index (χ3n) is 2.43. The molecule has 2 aromatic rings. The van der Waals surface area contributed by atoms with Crippen LogP contribution in [-0.2, 0) is 10.0 Å². The Bertz CT molecular complexity index is 723. The van der Waals surface area contributed by atoms with Gasteiger partial charge >= 0.3 is 0 Å². The van der Waals surface area contributed by atoms with Gasteiger partial charge in [-0.15, -0.1) is 0 Å². The summed E-state index contributed by atoms with van der Waals surface area (Å²) in [4.78, 5) is 0.0498. The fourth-order valence-electron chi connectivity index (χ4n) is 1.48. The number of nitrogens with two attached hydrogens (primary N) is 1. The molecule has 0 aliphatic carbocycles. The zero-order chi connectivity index (χ0) is 14.9. The predicted octanol–water partition coefficient (Wildman–Crippen LogP) is 4.03. The molecule has 0 saturated carbocycles. The van der Waals surface area contributed by atoms with Gasteiger partial charge in [0, 0.05) is 10.7 Å². The van der Waals surface area contributed by atoms with E-state index in [9.17, 15) is 8.42 Å². The maximum Gasteiger partial charge on any atom is 0.261 e. The van der Waals surface area contributed by atoms with E-state index in [-0.39, 0.29) is 20.6 Å². The van der Waals surface area contributed by atoms with Crippen molar-refractivity contribution in [3.8, 4) is 0 Å². The second-order valence-electron chi connectivity index (χ2n) is 3.92. The van der Waals surface area contributed by atoms with Gasteiger partial charge in [0.15, 0.2) is 0 Å². The van der Waals surface area contributed by atoms with Gasteiger partial charge in [-0.25, -0.2) is 8.42 Å². The van der Waals surface area contributed by atoms with Gasteiger partial charge in [0.25, 0.3) is 10.0 Å². The molecule has 0 heterocycles. The first kappa shape index (κ1) is 15.3. The average molecular weight is 352 g/mol. The highest BCUT2D eigenvalue weighted by Crippen LogP contribution is 2.35. The van der Waals surface area contributed by atoms with Crippen LogP contribution in [0.25, 0.3) is 0 Å². The highest BCUT2D eigenvalue weighted by molar-refractivity contribution is 7.92. The molecule has 0 aliphatic rings. The smallest absolute Gasteiger partial charge is 0.261 e. The summed E-state index contributed by atoms with van der Waals surface area (Å²) < 4.78 is 26.7. The molecular formula is C12H9Cl3N2O2S. The maximum absolute atomic E-state index is 12.2. The van der Waals surface area contributed by atoms with E-state index in [1.165, 1.54) is 36.4 Å². The number of sulfonamides is 1. The number of hydrogen-bond acceptors (Lipinski definition) is 3. The third kappa shape index (κ3) is 3.30. The Hall–Kier alpha value is -1.14. The first-order valence-corrected chi connectivity index (χ1v) is 7.94. The van der Waals surface area contributed by atoms with E-state index in [0.29, 0.717) is 10.7 Å². The Morgan fingerprint density at radius 3 is 1.95 bits per heavy atom. The largest absolute Gasteiger partial charge is 0.399 e. The summed E-state index contributed by atoms with van der Waals surface area (Å²) in [6.45, 7) is 0. The van der Waals surface area contributed by atoms with Crippen LogP contribution in [0, 0.1) is 0 Å². The van der Waals surface area contributed by atoms with Crippen molar-refractivity contribution in [2.24, 2.45) is 0 Å². The summed E-state index contributed by atoms with van der Waals surface area (Å²) in [6, 6.07) is 8.54. The molecule has 106 valence electrons. The fraction of sp³-hybridized carbons (Fsp3) is 0. The zero-order valence-electron chi connectivity index (χ0n) is 9.90. The van der Waals surface area contributed by atoms with Crippen LogP contribution < -0.4 is 10.5 Å². The lowest BCUT2D eigenvalue weighted by atomic mass is 10.3. The minimum absolute atomic E-state index is 0.0498. The van der Waals surface area contributed by atoms with Crippen molar-refractivity contribution in [2.45, 2.75) is 4.90 Å². The SMILES string of the molecule is Nc1ccc(S(=O)(=O)Nc2c(Cl)cc(Cl)cc2Cl)cc1.